The molecule has 2 nitrogen and oxygen atoms in total. The van der Waals surface area contributed by atoms with Gasteiger partial charge in [0.2, 0.25) is 5.91 Å². The zero-order chi connectivity index (χ0) is 17.6. The molecule has 0 aromatic heterocycles. The molecule has 0 radical (unpaired) electrons. The number of anilines is 1. The number of hydrogen-bond donors (Lipinski definition) is 1. The first-order valence-electron chi connectivity index (χ1n) is 8.73. The summed E-state index contributed by atoms with van der Waals surface area (Å²) < 4.78 is 0. The van der Waals surface area contributed by atoms with E-state index in [9.17, 15) is 4.79 Å². The number of thioether (sulfide) groups is 1. The van der Waals surface area contributed by atoms with Crippen LogP contribution >= 0.6 is 11.8 Å². The van der Waals surface area contributed by atoms with E-state index in [1.54, 1.807) is 11.8 Å². The van der Waals surface area contributed by atoms with Gasteiger partial charge >= 0.3 is 0 Å². The third kappa shape index (κ3) is 4.23. The van der Waals surface area contributed by atoms with Crippen molar-refractivity contribution < 1.29 is 4.79 Å². The molecule has 3 aromatic rings. The van der Waals surface area contributed by atoms with Gasteiger partial charge in [0.05, 0.1) is 5.75 Å². The average Bonchev–Trinajstić information content (AvgIpc) is 2.66. The Morgan fingerprint density at radius 1 is 0.880 bits per heavy atom. The number of aryl methyl sites for hydroxylation is 2. The minimum Gasteiger partial charge on any atom is -0.325 e. The van der Waals surface area contributed by atoms with Crippen LogP contribution in [0, 0.1) is 0 Å². The lowest BCUT2D eigenvalue weighted by Crippen LogP contribution is -2.16. The summed E-state index contributed by atoms with van der Waals surface area (Å²) in [4.78, 5) is 13.6. The molecule has 25 heavy (non-hydrogen) atoms. The molecule has 0 unspecified atom stereocenters. The van der Waals surface area contributed by atoms with Crippen LogP contribution in [0.2, 0.25) is 0 Å². The average molecular weight is 349 g/mol. The van der Waals surface area contributed by atoms with Crippen LogP contribution in [0.4, 0.5) is 5.69 Å². The van der Waals surface area contributed by atoms with Crippen molar-refractivity contribution in [3.63, 3.8) is 0 Å². The molecule has 1 amide bonds. The van der Waals surface area contributed by atoms with Crippen molar-refractivity contribution in [2.75, 3.05) is 11.1 Å². The fraction of sp³-hybridized carbons (Fsp3) is 0.227. The standard InChI is InChI=1S/C22H23NOS/c1-3-16-10-7-11-17(4-2)22(16)23-21(24)15-25-20-13-12-18-8-5-6-9-19(18)14-20/h5-14H,3-4,15H2,1-2H3,(H,23,24). The van der Waals surface area contributed by atoms with Gasteiger partial charge in [0.1, 0.15) is 0 Å². The maximum absolute atomic E-state index is 12.5. The third-order valence-corrected chi connectivity index (χ3v) is 5.35. The zero-order valence-electron chi connectivity index (χ0n) is 14.7. The second-order valence-corrected chi connectivity index (χ2v) is 7.05. The Bertz CT molecular complexity index is 866. The van der Waals surface area contributed by atoms with Crippen LogP contribution in [-0.2, 0) is 17.6 Å². The Morgan fingerprint density at radius 3 is 2.24 bits per heavy atom. The van der Waals surface area contributed by atoms with Gasteiger partial charge in [-0.3, -0.25) is 4.79 Å². The SMILES string of the molecule is CCc1cccc(CC)c1NC(=O)CSc1ccc2ccccc2c1. The summed E-state index contributed by atoms with van der Waals surface area (Å²) in [5.74, 6) is 0.466. The normalized spacial score (nSPS) is 10.8. The molecule has 0 atom stereocenters. The van der Waals surface area contributed by atoms with E-state index in [2.05, 4.69) is 67.7 Å². The van der Waals surface area contributed by atoms with E-state index >= 15 is 0 Å². The molecule has 3 rings (SSSR count). The summed E-state index contributed by atoms with van der Waals surface area (Å²) >= 11 is 1.58. The van der Waals surface area contributed by atoms with E-state index in [1.807, 2.05) is 12.1 Å². The highest BCUT2D eigenvalue weighted by Gasteiger charge is 2.10. The number of fused-ring (bicyclic) bond motifs is 1. The van der Waals surface area contributed by atoms with E-state index in [0.717, 1.165) is 23.4 Å². The summed E-state index contributed by atoms with van der Waals surface area (Å²) in [6.07, 6.45) is 1.84. The van der Waals surface area contributed by atoms with Gasteiger partial charge in [0.25, 0.3) is 0 Å². The number of rotatable bonds is 6. The largest absolute Gasteiger partial charge is 0.325 e. The first kappa shape index (κ1) is 17.6. The van der Waals surface area contributed by atoms with Gasteiger partial charge in [-0.05, 0) is 46.9 Å². The van der Waals surface area contributed by atoms with Crippen molar-refractivity contribution in [1.82, 2.24) is 0 Å². The van der Waals surface area contributed by atoms with Gasteiger partial charge in [0, 0.05) is 10.6 Å². The Hall–Kier alpha value is -2.26. The van der Waals surface area contributed by atoms with Crippen molar-refractivity contribution in [2.45, 2.75) is 31.6 Å². The summed E-state index contributed by atoms with van der Waals surface area (Å²) in [6, 6.07) is 20.9. The molecule has 128 valence electrons. The Labute approximate surface area is 153 Å². The first-order valence-corrected chi connectivity index (χ1v) is 9.72. The van der Waals surface area contributed by atoms with E-state index in [-0.39, 0.29) is 5.91 Å². The van der Waals surface area contributed by atoms with Crippen molar-refractivity contribution >= 4 is 34.1 Å². The molecule has 0 bridgehead atoms. The van der Waals surface area contributed by atoms with Crippen molar-refractivity contribution in [2.24, 2.45) is 0 Å². The Balaban J connectivity index is 1.68. The first-order chi connectivity index (χ1) is 12.2. The van der Waals surface area contributed by atoms with Crippen LogP contribution in [0.15, 0.2) is 65.6 Å². The summed E-state index contributed by atoms with van der Waals surface area (Å²) in [6.45, 7) is 4.24. The van der Waals surface area contributed by atoms with Gasteiger partial charge in [-0.15, -0.1) is 11.8 Å². The van der Waals surface area contributed by atoms with Crippen LogP contribution in [-0.4, -0.2) is 11.7 Å². The highest BCUT2D eigenvalue weighted by molar-refractivity contribution is 8.00. The van der Waals surface area contributed by atoms with Crippen molar-refractivity contribution in [3.05, 3.63) is 71.8 Å². The minimum atomic E-state index is 0.0498. The molecular weight excluding hydrogens is 326 g/mol. The predicted molar refractivity (Wildman–Crippen MR) is 108 cm³/mol. The number of hydrogen-bond acceptors (Lipinski definition) is 2. The quantitative estimate of drug-likeness (QED) is 0.579. The van der Waals surface area contributed by atoms with Crippen LogP contribution in [0.5, 0.6) is 0 Å². The number of amides is 1. The van der Waals surface area contributed by atoms with Gasteiger partial charge in [0.15, 0.2) is 0 Å². The van der Waals surface area contributed by atoms with E-state index in [4.69, 9.17) is 0 Å². The predicted octanol–water partition coefficient (Wildman–Crippen LogP) is 5.70. The second-order valence-electron chi connectivity index (χ2n) is 6.00. The number of carbonyl (C=O) groups is 1. The molecule has 1 N–H and O–H groups in total. The highest BCUT2D eigenvalue weighted by atomic mass is 32.2. The Morgan fingerprint density at radius 2 is 1.56 bits per heavy atom. The van der Waals surface area contributed by atoms with E-state index in [0.29, 0.717) is 5.75 Å². The van der Waals surface area contributed by atoms with Gasteiger partial charge in [-0.1, -0.05) is 62.4 Å². The smallest absolute Gasteiger partial charge is 0.234 e. The zero-order valence-corrected chi connectivity index (χ0v) is 15.5. The number of carbonyl (C=O) groups excluding carboxylic acids is 1. The summed E-state index contributed by atoms with van der Waals surface area (Å²) in [5.41, 5.74) is 3.39. The van der Waals surface area contributed by atoms with Crippen LogP contribution in [0.25, 0.3) is 10.8 Å². The van der Waals surface area contributed by atoms with E-state index < -0.39 is 0 Å². The molecule has 0 aliphatic rings. The fourth-order valence-electron chi connectivity index (χ4n) is 2.98. The second kappa shape index (κ2) is 8.21. The highest BCUT2D eigenvalue weighted by Crippen LogP contribution is 2.25. The van der Waals surface area contributed by atoms with Gasteiger partial charge in [-0.25, -0.2) is 0 Å². The van der Waals surface area contributed by atoms with Crippen molar-refractivity contribution in [3.8, 4) is 0 Å². The maximum atomic E-state index is 12.5. The molecule has 0 saturated carbocycles. The lowest BCUT2D eigenvalue weighted by molar-refractivity contribution is -0.113. The van der Waals surface area contributed by atoms with Crippen LogP contribution in [0.1, 0.15) is 25.0 Å². The molecule has 0 fully saturated rings. The fourth-order valence-corrected chi connectivity index (χ4v) is 3.73. The summed E-state index contributed by atoms with van der Waals surface area (Å²) in [5, 5.41) is 5.56. The lowest BCUT2D eigenvalue weighted by atomic mass is 10.0. The van der Waals surface area contributed by atoms with Gasteiger partial charge < -0.3 is 5.32 Å². The molecule has 0 saturated heterocycles. The number of nitrogens with one attached hydrogen (secondary N) is 1. The van der Waals surface area contributed by atoms with Crippen molar-refractivity contribution in [1.29, 1.82) is 0 Å². The molecule has 0 aliphatic heterocycles. The molecule has 0 spiro atoms. The molecule has 3 aromatic carbocycles. The number of para-hydroxylation sites is 1. The Kier molecular flexibility index (Phi) is 5.77. The molecule has 3 heteroatoms. The van der Waals surface area contributed by atoms with Crippen LogP contribution < -0.4 is 5.32 Å². The molecular formula is C22H23NOS. The topological polar surface area (TPSA) is 29.1 Å². The molecule has 0 aliphatic carbocycles. The minimum absolute atomic E-state index is 0.0498. The maximum Gasteiger partial charge on any atom is 0.234 e. The monoisotopic (exact) mass is 349 g/mol. The van der Waals surface area contributed by atoms with Crippen LogP contribution in [0.3, 0.4) is 0 Å². The lowest BCUT2D eigenvalue weighted by Gasteiger charge is -2.14. The number of benzene rings is 3. The van der Waals surface area contributed by atoms with Gasteiger partial charge in [-0.2, -0.15) is 0 Å². The third-order valence-electron chi connectivity index (χ3n) is 4.35. The molecule has 0 heterocycles. The summed E-state index contributed by atoms with van der Waals surface area (Å²) in [7, 11) is 0. The van der Waals surface area contributed by atoms with E-state index in [1.165, 1.54) is 21.9 Å².